The summed E-state index contributed by atoms with van der Waals surface area (Å²) >= 11 is 0. The molecule has 5 rings (SSSR count). The number of aliphatic carboxylic acids is 1. The maximum atomic E-state index is 12.6. The zero-order chi connectivity index (χ0) is 25.9. The van der Waals surface area contributed by atoms with Gasteiger partial charge in [-0.25, -0.2) is 0 Å². The van der Waals surface area contributed by atoms with Gasteiger partial charge in [-0.3, -0.25) is 4.79 Å². The van der Waals surface area contributed by atoms with E-state index < -0.39 is 41.0 Å². The zero-order valence-electron chi connectivity index (χ0n) is 22.8. The third kappa shape index (κ3) is 2.84. The third-order valence-corrected chi connectivity index (χ3v) is 13.7. The van der Waals surface area contributed by atoms with Crippen LogP contribution in [-0.4, -0.2) is 44.7 Å². The smallest absolute Gasteiger partial charge is 0.312 e. The van der Waals surface area contributed by atoms with E-state index >= 15 is 0 Å². The maximum absolute atomic E-state index is 12.6. The van der Waals surface area contributed by atoms with Gasteiger partial charge in [0.1, 0.15) is 6.10 Å². The molecule has 0 spiro atoms. The van der Waals surface area contributed by atoms with E-state index in [2.05, 4.69) is 40.7 Å². The molecule has 5 aliphatic carbocycles. The summed E-state index contributed by atoms with van der Waals surface area (Å²) in [6.45, 7) is 15.8. The van der Waals surface area contributed by atoms with Gasteiger partial charge in [0.2, 0.25) is 0 Å². The summed E-state index contributed by atoms with van der Waals surface area (Å²) in [5, 5.41) is 43.7. The Labute approximate surface area is 211 Å². The SMILES string of the molecule is C[C@H]1[C@H](C)CC[C@]2(C)CC[C@]3(C)C(=CC[C@@H]4[C@]5(C)C(CC[C@]43C)C(C)(C(=O)O)[C@@H](O)[C@@H](O)[C@H]5O)[C@H]12. The Kier molecular flexibility index (Phi) is 5.56. The van der Waals surface area contributed by atoms with Crippen molar-refractivity contribution in [3.8, 4) is 0 Å². The predicted molar refractivity (Wildman–Crippen MR) is 135 cm³/mol. The normalized spacial score (nSPS) is 59.9. The Hall–Kier alpha value is -0.910. The van der Waals surface area contributed by atoms with Crippen LogP contribution in [0.3, 0.4) is 0 Å². The molecular weight excluding hydrogens is 440 g/mol. The van der Waals surface area contributed by atoms with Crippen molar-refractivity contribution in [1.82, 2.24) is 0 Å². The summed E-state index contributed by atoms with van der Waals surface area (Å²) in [7, 11) is 0. The van der Waals surface area contributed by atoms with Crippen LogP contribution in [-0.2, 0) is 4.79 Å². The van der Waals surface area contributed by atoms with Gasteiger partial charge in [0.05, 0.1) is 17.6 Å². The van der Waals surface area contributed by atoms with E-state index in [0.717, 1.165) is 19.3 Å². The van der Waals surface area contributed by atoms with E-state index in [1.807, 2.05) is 6.92 Å². The molecular formula is C30H48O5. The summed E-state index contributed by atoms with van der Waals surface area (Å²) in [5.74, 6) is 0.482. The topological polar surface area (TPSA) is 98.0 Å². The highest BCUT2D eigenvalue weighted by Crippen LogP contribution is 2.75. The van der Waals surface area contributed by atoms with Crippen LogP contribution < -0.4 is 0 Å². The molecule has 0 heterocycles. The van der Waals surface area contributed by atoms with Gasteiger partial charge in [0.25, 0.3) is 0 Å². The Bertz CT molecular complexity index is 945. The summed E-state index contributed by atoms with van der Waals surface area (Å²) in [4.78, 5) is 12.6. The number of hydrogen-bond acceptors (Lipinski definition) is 4. The number of aliphatic hydroxyl groups excluding tert-OH is 3. The van der Waals surface area contributed by atoms with E-state index in [9.17, 15) is 25.2 Å². The van der Waals surface area contributed by atoms with Crippen LogP contribution in [0.1, 0.15) is 93.4 Å². The van der Waals surface area contributed by atoms with Crippen molar-refractivity contribution in [3.63, 3.8) is 0 Å². The molecule has 13 atom stereocenters. The van der Waals surface area contributed by atoms with Crippen LogP contribution in [0.5, 0.6) is 0 Å². The lowest BCUT2D eigenvalue weighted by atomic mass is 9.33. The van der Waals surface area contributed by atoms with Crippen LogP contribution in [0.2, 0.25) is 0 Å². The molecule has 0 amide bonds. The highest BCUT2D eigenvalue weighted by molar-refractivity contribution is 5.76. The molecule has 0 aromatic rings. The van der Waals surface area contributed by atoms with Gasteiger partial charge < -0.3 is 20.4 Å². The molecule has 0 saturated heterocycles. The molecule has 4 saturated carbocycles. The predicted octanol–water partition coefficient (Wildman–Crippen LogP) is 5.03. The molecule has 0 aromatic carbocycles. The maximum Gasteiger partial charge on any atom is 0.312 e. The molecule has 35 heavy (non-hydrogen) atoms. The van der Waals surface area contributed by atoms with Crippen molar-refractivity contribution < 1.29 is 25.2 Å². The first kappa shape index (κ1) is 25.7. The van der Waals surface area contributed by atoms with E-state index in [4.69, 9.17) is 0 Å². The molecule has 2 unspecified atom stereocenters. The van der Waals surface area contributed by atoms with Crippen LogP contribution in [0, 0.1) is 56.7 Å². The first-order valence-electron chi connectivity index (χ1n) is 14.1. The molecule has 5 aliphatic rings. The second-order valence-corrected chi connectivity index (χ2v) is 14.6. The minimum Gasteiger partial charge on any atom is -0.481 e. The van der Waals surface area contributed by atoms with Crippen molar-refractivity contribution >= 4 is 5.97 Å². The van der Waals surface area contributed by atoms with Crippen LogP contribution in [0.15, 0.2) is 11.6 Å². The first-order valence-corrected chi connectivity index (χ1v) is 14.1. The monoisotopic (exact) mass is 488 g/mol. The minimum absolute atomic E-state index is 0.0141. The number of carboxylic acids is 1. The second kappa shape index (κ2) is 7.57. The number of carbonyl (C=O) groups is 1. The number of rotatable bonds is 1. The summed E-state index contributed by atoms with van der Waals surface area (Å²) < 4.78 is 0. The van der Waals surface area contributed by atoms with E-state index in [0.29, 0.717) is 29.6 Å². The molecule has 5 nitrogen and oxygen atoms in total. The van der Waals surface area contributed by atoms with Gasteiger partial charge >= 0.3 is 5.97 Å². The molecule has 4 N–H and O–H groups in total. The molecule has 4 fully saturated rings. The number of aliphatic hydroxyl groups is 3. The molecule has 0 aliphatic heterocycles. The van der Waals surface area contributed by atoms with Gasteiger partial charge in [-0.05, 0) is 97.7 Å². The molecule has 0 bridgehead atoms. The Balaban J connectivity index is 1.64. The zero-order valence-corrected chi connectivity index (χ0v) is 22.8. The second-order valence-electron chi connectivity index (χ2n) is 14.6. The lowest BCUT2D eigenvalue weighted by Gasteiger charge is -2.72. The molecule has 0 radical (unpaired) electrons. The fraction of sp³-hybridized carbons (Fsp3) is 0.900. The lowest BCUT2D eigenvalue weighted by molar-refractivity contribution is -0.280. The van der Waals surface area contributed by atoms with Crippen LogP contribution in [0.4, 0.5) is 0 Å². The summed E-state index contributed by atoms with van der Waals surface area (Å²) in [5.41, 5.74) is -0.438. The average Bonchev–Trinajstić information content (AvgIpc) is 2.80. The average molecular weight is 489 g/mol. The number of hydrogen-bond donors (Lipinski definition) is 4. The van der Waals surface area contributed by atoms with Gasteiger partial charge in [0.15, 0.2) is 0 Å². The Morgan fingerprint density at radius 3 is 2.17 bits per heavy atom. The van der Waals surface area contributed by atoms with E-state index in [-0.39, 0.29) is 16.7 Å². The van der Waals surface area contributed by atoms with Crippen LogP contribution >= 0.6 is 0 Å². The highest BCUT2D eigenvalue weighted by atomic mass is 16.4. The first-order chi connectivity index (χ1) is 16.1. The van der Waals surface area contributed by atoms with Crippen molar-refractivity contribution in [1.29, 1.82) is 0 Å². The van der Waals surface area contributed by atoms with Crippen molar-refractivity contribution in [2.24, 2.45) is 56.7 Å². The van der Waals surface area contributed by atoms with Crippen molar-refractivity contribution in [2.75, 3.05) is 0 Å². The van der Waals surface area contributed by atoms with Crippen molar-refractivity contribution in [3.05, 3.63) is 11.6 Å². The Morgan fingerprint density at radius 2 is 1.54 bits per heavy atom. The number of allylic oxidation sites excluding steroid dienone is 2. The largest absolute Gasteiger partial charge is 0.481 e. The Morgan fingerprint density at radius 1 is 0.886 bits per heavy atom. The van der Waals surface area contributed by atoms with Gasteiger partial charge in [-0.1, -0.05) is 53.2 Å². The fourth-order valence-electron chi connectivity index (χ4n) is 10.9. The van der Waals surface area contributed by atoms with Crippen LogP contribution in [0.25, 0.3) is 0 Å². The van der Waals surface area contributed by atoms with E-state index in [1.165, 1.54) is 19.3 Å². The molecule has 198 valence electrons. The lowest BCUT2D eigenvalue weighted by Crippen LogP contribution is -2.73. The quantitative estimate of drug-likeness (QED) is 0.388. The third-order valence-electron chi connectivity index (χ3n) is 13.7. The number of carboxylic acid groups (broad SMARTS) is 1. The minimum atomic E-state index is -1.49. The summed E-state index contributed by atoms with van der Waals surface area (Å²) in [6.07, 6.45) is 5.64. The van der Waals surface area contributed by atoms with Gasteiger partial charge in [-0.2, -0.15) is 0 Å². The standard InChI is InChI=1S/C30H48O5/c1-16-10-12-26(3)14-15-27(4)18(21(26)17(16)2)8-9-19-28(27,5)13-11-20-29(19,6)23(32)22(31)24(33)30(20,7)25(34)35/h8,16-17,19-24,31-33H,9-15H2,1-7H3,(H,34,35)/t16-,17+,19+,20?,21+,22+,23-,24+,26-,27-,28-,29-,30?/m1/s1. The highest BCUT2D eigenvalue weighted by Gasteiger charge is 2.73. The summed E-state index contributed by atoms with van der Waals surface area (Å²) in [6, 6.07) is 0. The van der Waals surface area contributed by atoms with Crippen molar-refractivity contribution in [2.45, 2.75) is 112 Å². The van der Waals surface area contributed by atoms with E-state index in [1.54, 1.807) is 12.5 Å². The van der Waals surface area contributed by atoms with Gasteiger partial charge in [-0.15, -0.1) is 0 Å². The fourth-order valence-corrected chi connectivity index (χ4v) is 10.9. The number of fused-ring (bicyclic) bond motifs is 7. The molecule has 0 aromatic heterocycles. The molecule has 5 heteroatoms. The van der Waals surface area contributed by atoms with Gasteiger partial charge in [0, 0.05) is 5.41 Å².